The van der Waals surface area contributed by atoms with Gasteiger partial charge in [-0.15, -0.1) is 0 Å². The Morgan fingerprint density at radius 1 is 1.00 bits per heavy atom. The maximum atomic E-state index is 10.4. The summed E-state index contributed by atoms with van der Waals surface area (Å²) in [7, 11) is 0.117. The molecule has 0 N–H and O–H groups in total. The Bertz CT molecular complexity index is 542. The third-order valence-electron chi connectivity index (χ3n) is 3.75. The van der Waals surface area contributed by atoms with Crippen LogP contribution in [0.1, 0.15) is 51.0 Å². The van der Waals surface area contributed by atoms with Crippen molar-refractivity contribution >= 4 is 21.7 Å². The molecule has 6 heteroatoms. The first-order valence-electron chi connectivity index (χ1n) is 8.53. The van der Waals surface area contributed by atoms with Crippen LogP contribution in [0.25, 0.3) is 0 Å². The first-order chi connectivity index (χ1) is 11.1. The monoisotopic (exact) mass is 377 g/mol. The van der Waals surface area contributed by atoms with E-state index < -0.39 is 10.1 Å². The SMILES string of the molecule is CCCCCCCC[N+](C)(C)CCl.Cc1ccc(S(=O)(=O)[O-])cc1. The van der Waals surface area contributed by atoms with Crippen molar-refractivity contribution in [2.45, 2.75) is 57.3 Å². The molecule has 1 aromatic carbocycles. The van der Waals surface area contributed by atoms with E-state index in [2.05, 4.69) is 21.0 Å². The van der Waals surface area contributed by atoms with Gasteiger partial charge in [0.15, 0.2) is 6.00 Å². The quantitative estimate of drug-likeness (QED) is 0.209. The van der Waals surface area contributed by atoms with Crippen LogP contribution >= 0.6 is 11.6 Å². The molecule has 1 rings (SSSR count). The molecule has 0 aliphatic rings. The fraction of sp³-hybridized carbons (Fsp3) is 0.667. The molecule has 1 aromatic rings. The van der Waals surface area contributed by atoms with E-state index in [1.54, 1.807) is 12.1 Å². The zero-order valence-corrected chi connectivity index (χ0v) is 17.0. The van der Waals surface area contributed by atoms with Crippen LogP contribution in [0.4, 0.5) is 0 Å². The van der Waals surface area contributed by atoms with E-state index in [0.29, 0.717) is 0 Å². The normalized spacial score (nSPS) is 11.8. The van der Waals surface area contributed by atoms with Crippen molar-refractivity contribution in [3.8, 4) is 0 Å². The van der Waals surface area contributed by atoms with Crippen LogP contribution in [0.15, 0.2) is 29.2 Å². The fourth-order valence-corrected chi connectivity index (χ4v) is 2.67. The Labute approximate surface area is 153 Å². The average molecular weight is 378 g/mol. The van der Waals surface area contributed by atoms with Crippen molar-refractivity contribution < 1.29 is 17.5 Å². The van der Waals surface area contributed by atoms with Gasteiger partial charge in [0.2, 0.25) is 0 Å². The van der Waals surface area contributed by atoms with Gasteiger partial charge < -0.3 is 9.04 Å². The van der Waals surface area contributed by atoms with Gasteiger partial charge in [0.1, 0.15) is 10.1 Å². The number of quaternary nitrogens is 1. The first-order valence-corrected chi connectivity index (χ1v) is 10.5. The highest BCUT2D eigenvalue weighted by molar-refractivity contribution is 7.85. The summed E-state index contributed by atoms with van der Waals surface area (Å²) in [6.45, 7) is 5.30. The number of rotatable bonds is 9. The van der Waals surface area contributed by atoms with Gasteiger partial charge >= 0.3 is 0 Å². The molecule has 0 atom stereocenters. The zero-order valence-electron chi connectivity index (χ0n) is 15.4. The average Bonchev–Trinajstić information content (AvgIpc) is 2.51. The Morgan fingerprint density at radius 2 is 1.50 bits per heavy atom. The number of halogens is 1. The van der Waals surface area contributed by atoms with Crippen LogP contribution in [0, 0.1) is 6.92 Å². The molecule has 4 nitrogen and oxygen atoms in total. The summed E-state index contributed by atoms with van der Waals surface area (Å²) in [6.07, 6.45) is 8.24. The van der Waals surface area contributed by atoms with Crippen molar-refractivity contribution in [2.75, 3.05) is 26.6 Å². The van der Waals surface area contributed by atoms with E-state index in [9.17, 15) is 13.0 Å². The fourth-order valence-electron chi connectivity index (χ4n) is 2.08. The second kappa shape index (κ2) is 11.9. The van der Waals surface area contributed by atoms with Gasteiger partial charge in [0.05, 0.1) is 25.5 Å². The molecule has 0 saturated heterocycles. The Balaban J connectivity index is 0.000000446. The lowest BCUT2D eigenvalue weighted by atomic mass is 10.1. The molecule has 0 heterocycles. The molecule has 0 saturated carbocycles. The maximum Gasteiger partial charge on any atom is 0.154 e. The minimum atomic E-state index is -4.27. The van der Waals surface area contributed by atoms with Crippen LogP contribution < -0.4 is 0 Å². The number of hydrogen-bond donors (Lipinski definition) is 0. The maximum absolute atomic E-state index is 10.4. The molecule has 0 aliphatic heterocycles. The third-order valence-corrected chi connectivity index (χ3v) is 5.25. The van der Waals surface area contributed by atoms with Gasteiger partial charge in [-0.1, -0.05) is 61.9 Å². The molecule has 0 bridgehead atoms. The summed E-state index contributed by atoms with van der Waals surface area (Å²) in [5.74, 6) is 0. The topological polar surface area (TPSA) is 57.2 Å². The number of benzene rings is 1. The van der Waals surface area contributed by atoms with E-state index in [1.165, 1.54) is 57.2 Å². The molecule has 0 aliphatic carbocycles. The van der Waals surface area contributed by atoms with Gasteiger partial charge in [0, 0.05) is 0 Å². The molecule has 140 valence electrons. The lowest BCUT2D eigenvalue weighted by Crippen LogP contribution is -2.38. The summed E-state index contributed by atoms with van der Waals surface area (Å²) in [5.41, 5.74) is 0.928. The summed E-state index contributed by atoms with van der Waals surface area (Å²) in [4.78, 5) is -0.178. The molecular weight excluding hydrogens is 346 g/mol. The molecule has 0 radical (unpaired) electrons. The molecule has 0 amide bonds. The number of hydrogen-bond acceptors (Lipinski definition) is 3. The molecular formula is C18H32ClNO3S. The third kappa shape index (κ3) is 11.8. The van der Waals surface area contributed by atoms with E-state index >= 15 is 0 Å². The summed E-state index contributed by atoms with van der Waals surface area (Å²) in [5, 5.41) is 0. The number of nitrogens with zero attached hydrogens (tertiary/aromatic N) is 1. The molecule has 0 fully saturated rings. The van der Waals surface area contributed by atoms with E-state index in [1.807, 2.05) is 6.92 Å². The van der Waals surface area contributed by atoms with Gasteiger partial charge in [-0.2, -0.15) is 0 Å². The van der Waals surface area contributed by atoms with Gasteiger partial charge in [-0.05, 0) is 31.9 Å². The lowest BCUT2D eigenvalue weighted by molar-refractivity contribution is -0.879. The number of aryl methyl sites for hydroxylation is 1. The highest BCUT2D eigenvalue weighted by atomic mass is 35.5. The number of unbranched alkanes of at least 4 members (excludes halogenated alkanes) is 5. The molecule has 0 aromatic heterocycles. The van der Waals surface area contributed by atoms with Crippen LogP contribution in [-0.4, -0.2) is 44.1 Å². The highest BCUT2D eigenvalue weighted by Gasteiger charge is 2.11. The van der Waals surface area contributed by atoms with E-state index in [4.69, 9.17) is 11.6 Å². The second-order valence-corrected chi connectivity index (χ2v) is 8.43. The lowest BCUT2D eigenvalue weighted by Gasteiger charge is -2.26. The van der Waals surface area contributed by atoms with Crippen molar-refractivity contribution in [1.29, 1.82) is 0 Å². The molecule has 0 unspecified atom stereocenters. The first kappa shape index (κ1) is 23.4. The standard InChI is InChI=1S/C11H25ClN.C7H8O3S/c1-4-5-6-7-8-9-10-13(2,3)11-12;1-6-2-4-7(5-3-6)11(8,9)10/h4-11H2,1-3H3;2-5H,1H3,(H,8,9,10)/q+1;/p-1. The van der Waals surface area contributed by atoms with Gasteiger partial charge in [-0.25, -0.2) is 8.42 Å². The van der Waals surface area contributed by atoms with Crippen molar-refractivity contribution in [3.05, 3.63) is 29.8 Å². The number of alkyl halides is 1. The zero-order chi connectivity index (χ0) is 18.6. The summed E-state index contributed by atoms with van der Waals surface area (Å²) in [6, 6.07) is 6.51. The van der Waals surface area contributed by atoms with Crippen LogP contribution in [-0.2, 0) is 10.1 Å². The predicted molar refractivity (Wildman–Crippen MR) is 100 cm³/mol. The summed E-state index contributed by atoms with van der Waals surface area (Å²) >= 11 is 5.83. The van der Waals surface area contributed by atoms with Crippen molar-refractivity contribution in [1.82, 2.24) is 0 Å². The summed E-state index contributed by atoms with van der Waals surface area (Å²) < 4.78 is 32.1. The Morgan fingerprint density at radius 3 is 1.96 bits per heavy atom. The van der Waals surface area contributed by atoms with E-state index in [0.717, 1.165) is 16.1 Å². The molecule has 0 spiro atoms. The predicted octanol–water partition coefficient (Wildman–Crippen LogP) is 4.52. The van der Waals surface area contributed by atoms with Crippen LogP contribution in [0.3, 0.4) is 0 Å². The Hall–Kier alpha value is -0.620. The van der Waals surface area contributed by atoms with Gasteiger partial charge in [0.25, 0.3) is 0 Å². The van der Waals surface area contributed by atoms with Crippen LogP contribution in [0.5, 0.6) is 0 Å². The second-order valence-electron chi connectivity index (χ2n) is 6.81. The largest absolute Gasteiger partial charge is 0.744 e. The Kier molecular flexibility index (Phi) is 11.5. The smallest absolute Gasteiger partial charge is 0.154 e. The van der Waals surface area contributed by atoms with E-state index in [-0.39, 0.29) is 4.90 Å². The van der Waals surface area contributed by atoms with Crippen LogP contribution in [0.2, 0.25) is 0 Å². The van der Waals surface area contributed by atoms with Gasteiger partial charge in [-0.3, -0.25) is 0 Å². The minimum absolute atomic E-state index is 0.178. The molecule has 24 heavy (non-hydrogen) atoms. The highest BCUT2D eigenvalue weighted by Crippen LogP contribution is 2.09. The minimum Gasteiger partial charge on any atom is -0.744 e. The van der Waals surface area contributed by atoms with Crippen molar-refractivity contribution in [3.63, 3.8) is 0 Å². The van der Waals surface area contributed by atoms with Crippen molar-refractivity contribution in [2.24, 2.45) is 0 Å².